The van der Waals surface area contributed by atoms with Gasteiger partial charge in [0.2, 0.25) is 0 Å². The summed E-state index contributed by atoms with van der Waals surface area (Å²) in [6.45, 7) is -0.113. The zero-order valence-electron chi connectivity index (χ0n) is 13.8. The van der Waals surface area contributed by atoms with Crippen molar-refractivity contribution in [3.8, 4) is 0 Å². The van der Waals surface area contributed by atoms with Gasteiger partial charge >= 0.3 is 0 Å². The van der Waals surface area contributed by atoms with Gasteiger partial charge in [-0.2, -0.15) is 0 Å². The van der Waals surface area contributed by atoms with Gasteiger partial charge in [-0.25, -0.2) is 0 Å². The highest BCUT2D eigenvalue weighted by Crippen LogP contribution is 2.28. The number of aliphatic hydroxyl groups is 4. The highest BCUT2D eigenvalue weighted by atomic mass is 16.8. The van der Waals surface area contributed by atoms with E-state index in [0.717, 1.165) is 0 Å². The number of methoxy groups -OCH3 is 3. The van der Waals surface area contributed by atoms with E-state index in [1.54, 1.807) is 0 Å². The molecule has 24 heavy (non-hydrogen) atoms. The molecule has 0 saturated carbocycles. The van der Waals surface area contributed by atoms with Crippen molar-refractivity contribution >= 4 is 0 Å². The molecular weight excluding hydrogens is 328 g/mol. The molecule has 0 radical (unpaired) electrons. The van der Waals surface area contributed by atoms with Gasteiger partial charge in [-0.3, -0.25) is 0 Å². The summed E-state index contributed by atoms with van der Waals surface area (Å²) in [5, 5.41) is 39.9. The van der Waals surface area contributed by atoms with E-state index in [1.807, 2.05) is 0 Å². The second-order valence-electron chi connectivity index (χ2n) is 5.78. The number of hydrogen-bond donors (Lipinski definition) is 4. The van der Waals surface area contributed by atoms with Crippen LogP contribution in [0.5, 0.6) is 0 Å². The maximum Gasteiger partial charge on any atom is 0.190 e. The Bertz CT molecular complexity index is 381. The fraction of sp³-hybridized carbons (Fsp3) is 1.00. The SMILES string of the molecule is COCC1OC(OC2OCC(O)C(O)C2OC)C(OC)C(O)C1O. The highest BCUT2D eigenvalue weighted by Gasteiger charge is 2.49. The van der Waals surface area contributed by atoms with Gasteiger partial charge in [0.15, 0.2) is 12.6 Å². The lowest BCUT2D eigenvalue weighted by Gasteiger charge is -2.44. The summed E-state index contributed by atoms with van der Waals surface area (Å²) in [4.78, 5) is 0. The topological polar surface area (TPSA) is 136 Å². The third kappa shape index (κ3) is 4.05. The summed E-state index contributed by atoms with van der Waals surface area (Å²) in [6, 6.07) is 0. The molecular formula is C14H26O10. The quantitative estimate of drug-likeness (QED) is 0.396. The fourth-order valence-electron chi connectivity index (χ4n) is 2.83. The van der Waals surface area contributed by atoms with E-state index in [1.165, 1.54) is 21.3 Å². The zero-order chi connectivity index (χ0) is 17.9. The smallest absolute Gasteiger partial charge is 0.190 e. The second-order valence-corrected chi connectivity index (χ2v) is 5.78. The molecule has 0 spiro atoms. The van der Waals surface area contributed by atoms with Crippen LogP contribution in [0.15, 0.2) is 0 Å². The zero-order valence-corrected chi connectivity index (χ0v) is 13.8. The third-order valence-electron chi connectivity index (χ3n) is 4.22. The monoisotopic (exact) mass is 354 g/mol. The van der Waals surface area contributed by atoms with E-state index in [0.29, 0.717) is 0 Å². The second kappa shape index (κ2) is 8.81. The van der Waals surface area contributed by atoms with Crippen LogP contribution in [-0.2, 0) is 28.4 Å². The number of rotatable bonds is 6. The molecule has 2 fully saturated rings. The Morgan fingerprint density at radius 2 is 1.50 bits per heavy atom. The van der Waals surface area contributed by atoms with Crippen LogP contribution in [0.1, 0.15) is 0 Å². The summed E-state index contributed by atoms with van der Waals surface area (Å²) < 4.78 is 31.9. The largest absolute Gasteiger partial charge is 0.388 e. The molecule has 2 saturated heterocycles. The van der Waals surface area contributed by atoms with Gasteiger partial charge in [0.05, 0.1) is 13.2 Å². The Balaban J connectivity index is 2.10. The Kier molecular flexibility index (Phi) is 7.31. The molecule has 9 unspecified atom stereocenters. The van der Waals surface area contributed by atoms with Gasteiger partial charge in [0, 0.05) is 21.3 Å². The highest BCUT2D eigenvalue weighted by molar-refractivity contribution is 4.91. The molecule has 0 aromatic rings. The first-order valence-corrected chi connectivity index (χ1v) is 7.63. The third-order valence-corrected chi connectivity index (χ3v) is 4.22. The van der Waals surface area contributed by atoms with Crippen molar-refractivity contribution in [1.82, 2.24) is 0 Å². The predicted octanol–water partition coefficient (Wildman–Crippen LogP) is -2.80. The molecule has 9 atom stereocenters. The number of ether oxygens (including phenoxy) is 6. The molecule has 2 aliphatic heterocycles. The maximum absolute atomic E-state index is 10.2. The van der Waals surface area contributed by atoms with Gasteiger partial charge in [0.1, 0.15) is 42.7 Å². The van der Waals surface area contributed by atoms with E-state index in [2.05, 4.69) is 0 Å². The molecule has 0 bridgehead atoms. The normalized spacial score (nSPS) is 46.9. The molecule has 142 valence electrons. The first-order chi connectivity index (χ1) is 11.4. The average Bonchev–Trinajstić information content (AvgIpc) is 2.56. The van der Waals surface area contributed by atoms with Crippen molar-refractivity contribution in [1.29, 1.82) is 0 Å². The Labute approximate surface area is 139 Å². The van der Waals surface area contributed by atoms with Crippen molar-refractivity contribution in [2.45, 2.75) is 55.3 Å². The first kappa shape index (κ1) is 19.9. The molecule has 2 aliphatic rings. The van der Waals surface area contributed by atoms with E-state index < -0.39 is 55.3 Å². The minimum absolute atomic E-state index is 0.0368. The molecule has 0 aliphatic carbocycles. The first-order valence-electron chi connectivity index (χ1n) is 7.63. The molecule has 10 heteroatoms. The summed E-state index contributed by atoms with van der Waals surface area (Å²) in [7, 11) is 4.11. The molecule has 10 nitrogen and oxygen atoms in total. The van der Waals surface area contributed by atoms with Gasteiger partial charge in [-0.15, -0.1) is 0 Å². The Hall–Kier alpha value is -0.400. The van der Waals surface area contributed by atoms with E-state index in [4.69, 9.17) is 28.4 Å². The maximum atomic E-state index is 10.2. The van der Waals surface area contributed by atoms with Crippen LogP contribution in [0.2, 0.25) is 0 Å². The summed E-state index contributed by atoms with van der Waals surface area (Å²) in [5.74, 6) is 0. The van der Waals surface area contributed by atoms with E-state index in [-0.39, 0.29) is 13.2 Å². The summed E-state index contributed by atoms with van der Waals surface area (Å²) >= 11 is 0. The molecule has 2 heterocycles. The average molecular weight is 354 g/mol. The lowest BCUT2D eigenvalue weighted by molar-refractivity contribution is -0.369. The fourth-order valence-corrected chi connectivity index (χ4v) is 2.83. The van der Waals surface area contributed by atoms with Gasteiger partial charge in [-0.05, 0) is 0 Å². The van der Waals surface area contributed by atoms with Crippen molar-refractivity contribution in [3.05, 3.63) is 0 Å². The molecule has 0 aromatic carbocycles. The summed E-state index contributed by atoms with van der Waals surface area (Å²) in [6.07, 6.45) is -9.72. The predicted molar refractivity (Wildman–Crippen MR) is 77.0 cm³/mol. The minimum atomic E-state index is -1.27. The Morgan fingerprint density at radius 1 is 0.875 bits per heavy atom. The van der Waals surface area contributed by atoms with Crippen LogP contribution in [0, 0.1) is 0 Å². The van der Waals surface area contributed by atoms with E-state index >= 15 is 0 Å². The lowest BCUT2D eigenvalue weighted by Crippen LogP contribution is -2.62. The minimum Gasteiger partial charge on any atom is -0.388 e. The molecule has 0 aromatic heterocycles. The van der Waals surface area contributed by atoms with Crippen molar-refractivity contribution < 1.29 is 48.8 Å². The van der Waals surface area contributed by atoms with Gasteiger partial charge < -0.3 is 48.8 Å². The van der Waals surface area contributed by atoms with Gasteiger partial charge in [-0.1, -0.05) is 0 Å². The van der Waals surface area contributed by atoms with Crippen LogP contribution < -0.4 is 0 Å². The number of aliphatic hydroxyl groups excluding tert-OH is 4. The molecule has 4 N–H and O–H groups in total. The molecule has 0 amide bonds. The van der Waals surface area contributed by atoms with Crippen LogP contribution in [0.25, 0.3) is 0 Å². The lowest BCUT2D eigenvalue weighted by atomic mass is 9.99. The van der Waals surface area contributed by atoms with Gasteiger partial charge in [0.25, 0.3) is 0 Å². The van der Waals surface area contributed by atoms with E-state index in [9.17, 15) is 20.4 Å². The number of hydrogen-bond acceptors (Lipinski definition) is 10. The van der Waals surface area contributed by atoms with Crippen LogP contribution >= 0.6 is 0 Å². The van der Waals surface area contributed by atoms with Crippen LogP contribution in [0.4, 0.5) is 0 Å². The summed E-state index contributed by atoms with van der Waals surface area (Å²) in [5.41, 5.74) is 0. The van der Waals surface area contributed by atoms with Crippen molar-refractivity contribution in [2.75, 3.05) is 34.5 Å². The van der Waals surface area contributed by atoms with Crippen molar-refractivity contribution in [3.63, 3.8) is 0 Å². The van der Waals surface area contributed by atoms with Crippen LogP contribution in [-0.4, -0.2) is 110 Å². The standard InChI is InChI=1S/C14H26O10/c1-19-5-7-9(17)10(18)12(21-3)14(23-7)24-13-11(20-2)8(16)6(15)4-22-13/h6-18H,4-5H2,1-3H3. The molecule has 2 rings (SSSR count). The Morgan fingerprint density at radius 3 is 2.08 bits per heavy atom. The van der Waals surface area contributed by atoms with Crippen molar-refractivity contribution in [2.24, 2.45) is 0 Å². The van der Waals surface area contributed by atoms with Crippen LogP contribution in [0.3, 0.4) is 0 Å².